The van der Waals surface area contributed by atoms with Crippen LogP contribution in [0.3, 0.4) is 0 Å². The number of fused-ring (bicyclic) bond motifs is 1. The summed E-state index contributed by atoms with van der Waals surface area (Å²) in [6.07, 6.45) is 1.92. The summed E-state index contributed by atoms with van der Waals surface area (Å²) < 4.78 is 7.36. The van der Waals surface area contributed by atoms with Crippen molar-refractivity contribution in [1.82, 2.24) is 5.32 Å². The predicted octanol–water partition coefficient (Wildman–Crippen LogP) is 5.23. The van der Waals surface area contributed by atoms with Crippen LogP contribution in [0.1, 0.15) is 23.1 Å². The zero-order chi connectivity index (χ0) is 24.6. The smallest absolute Gasteiger partial charge is 0.227 e. The van der Waals surface area contributed by atoms with Crippen molar-refractivity contribution in [2.24, 2.45) is 0 Å². The molecule has 0 spiro atoms. The first-order valence-electron chi connectivity index (χ1n) is 11.1. The summed E-state index contributed by atoms with van der Waals surface area (Å²) in [4.78, 5) is 0. The first-order chi connectivity index (χ1) is 17.0. The summed E-state index contributed by atoms with van der Waals surface area (Å²) in [7, 11) is 1.61. The molecule has 3 unspecified atom stereocenters. The van der Waals surface area contributed by atoms with E-state index in [1.807, 2.05) is 95.7 Å². The molecule has 35 heavy (non-hydrogen) atoms. The number of nitriles is 1. The van der Waals surface area contributed by atoms with E-state index in [1.54, 1.807) is 7.11 Å². The molecule has 1 aromatic heterocycles. The zero-order valence-electron chi connectivity index (χ0n) is 18.9. The maximum absolute atomic E-state index is 12.4. The van der Waals surface area contributed by atoms with Crippen LogP contribution >= 0.6 is 24.2 Å². The molecular formula is C28H23ClN3O2S+. The summed E-state index contributed by atoms with van der Waals surface area (Å²) in [6.45, 7) is 0. The van der Waals surface area contributed by atoms with Crippen molar-refractivity contribution < 1.29 is 14.4 Å². The predicted molar refractivity (Wildman–Crippen MR) is 139 cm³/mol. The molecular weight excluding hydrogens is 478 g/mol. The molecule has 1 aliphatic rings. The molecule has 0 aliphatic carbocycles. The molecule has 5 nitrogen and oxygen atoms in total. The highest BCUT2D eigenvalue weighted by Crippen LogP contribution is 2.48. The lowest BCUT2D eigenvalue weighted by Gasteiger charge is -2.42. The Labute approximate surface area is 214 Å². The number of rotatable bonds is 4. The normalized spacial score (nSPS) is 21.9. The molecule has 3 aromatic carbocycles. The van der Waals surface area contributed by atoms with E-state index >= 15 is 0 Å². The van der Waals surface area contributed by atoms with Crippen LogP contribution in [0.2, 0.25) is 5.02 Å². The van der Waals surface area contributed by atoms with E-state index in [0.29, 0.717) is 26.9 Å². The van der Waals surface area contributed by atoms with Gasteiger partial charge in [-0.15, -0.1) is 12.6 Å². The Balaban J connectivity index is 1.84. The van der Waals surface area contributed by atoms with Crippen molar-refractivity contribution in [3.05, 3.63) is 118 Å². The molecule has 3 atom stereocenters. The number of hydrogen-bond acceptors (Lipinski definition) is 5. The van der Waals surface area contributed by atoms with Gasteiger partial charge in [0.2, 0.25) is 17.3 Å². The molecule has 0 bridgehead atoms. The van der Waals surface area contributed by atoms with Crippen LogP contribution in [0, 0.1) is 11.3 Å². The van der Waals surface area contributed by atoms with Crippen molar-refractivity contribution in [2.75, 3.05) is 7.11 Å². The molecule has 0 saturated carbocycles. The van der Waals surface area contributed by atoms with Crippen molar-refractivity contribution in [3.8, 4) is 11.8 Å². The van der Waals surface area contributed by atoms with E-state index in [1.165, 1.54) is 0 Å². The fourth-order valence-corrected chi connectivity index (χ4v) is 5.44. The van der Waals surface area contributed by atoms with Gasteiger partial charge in [-0.05, 0) is 35.9 Å². The maximum Gasteiger partial charge on any atom is 0.227 e. The number of methoxy groups -OCH3 is 1. The summed E-state index contributed by atoms with van der Waals surface area (Å²) in [5.74, 6) is 0.190. The number of aromatic nitrogens is 1. The zero-order valence-corrected chi connectivity index (χ0v) is 20.5. The Bertz CT molecular complexity index is 1470. The van der Waals surface area contributed by atoms with Gasteiger partial charge >= 0.3 is 0 Å². The minimum absolute atomic E-state index is 0.333. The first kappa shape index (κ1) is 23.3. The van der Waals surface area contributed by atoms with Gasteiger partial charge in [-0.25, -0.2) is 0 Å². The lowest BCUT2D eigenvalue weighted by Crippen LogP contribution is -2.62. The summed E-state index contributed by atoms with van der Waals surface area (Å²) in [5.41, 5.74) is 1.24. The van der Waals surface area contributed by atoms with Gasteiger partial charge in [0.15, 0.2) is 6.20 Å². The van der Waals surface area contributed by atoms with Gasteiger partial charge in [-0.2, -0.15) is 9.83 Å². The fourth-order valence-electron chi connectivity index (χ4n) is 4.90. The van der Waals surface area contributed by atoms with Crippen LogP contribution in [0.25, 0.3) is 10.9 Å². The van der Waals surface area contributed by atoms with Crippen molar-refractivity contribution in [1.29, 1.82) is 5.26 Å². The van der Waals surface area contributed by atoms with Crippen molar-refractivity contribution >= 4 is 35.1 Å². The average Bonchev–Trinajstić information content (AvgIpc) is 2.88. The molecule has 2 heterocycles. The number of allylic oxidation sites excluding steroid dienone is 1. The number of aliphatic hydroxyl groups is 1. The number of pyridine rings is 1. The van der Waals surface area contributed by atoms with Gasteiger partial charge in [0.25, 0.3) is 0 Å². The molecule has 1 aliphatic heterocycles. The van der Waals surface area contributed by atoms with E-state index < -0.39 is 17.7 Å². The van der Waals surface area contributed by atoms with E-state index in [9.17, 15) is 10.4 Å². The highest BCUT2D eigenvalue weighted by Gasteiger charge is 2.55. The molecule has 0 saturated heterocycles. The molecule has 4 aromatic rings. The van der Waals surface area contributed by atoms with Crippen molar-refractivity contribution in [3.63, 3.8) is 0 Å². The van der Waals surface area contributed by atoms with Gasteiger partial charge in [0, 0.05) is 28.1 Å². The second-order valence-electron chi connectivity index (χ2n) is 8.45. The van der Waals surface area contributed by atoms with Crippen LogP contribution in [-0.4, -0.2) is 12.2 Å². The third kappa shape index (κ3) is 4.02. The number of hydrogen-bond donors (Lipinski definition) is 3. The lowest BCUT2D eigenvalue weighted by molar-refractivity contribution is -0.720. The second-order valence-corrected chi connectivity index (χ2v) is 9.33. The summed E-state index contributed by atoms with van der Waals surface area (Å²) in [5, 5.41) is 27.7. The Kier molecular flexibility index (Phi) is 6.16. The van der Waals surface area contributed by atoms with E-state index in [4.69, 9.17) is 16.3 Å². The standard InChI is InChI=1S/C28H22ClN3O2S/c1-34-22-12-9-18(10-13-22)25-23(17-30)27(35)31-28(33,20-7-3-2-4-8-20)26(25)32-15-5-6-19-16-21(29)11-14-24(19)32/h2-16,25-26,31,33H,1H3/p+1. The Morgan fingerprint density at radius 2 is 1.80 bits per heavy atom. The van der Waals surface area contributed by atoms with Crippen LogP contribution in [0.5, 0.6) is 5.75 Å². The highest BCUT2D eigenvalue weighted by molar-refractivity contribution is 7.84. The monoisotopic (exact) mass is 500 g/mol. The molecule has 7 heteroatoms. The second kappa shape index (κ2) is 9.27. The van der Waals surface area contributed by atoms with E-state index in [-0.39, 0.29) is 0 Å². The van der Waals surface area contributed by atoms with Crippen LogP contribution in [0.4, 0.5) is 0 Å². The molecule has 0 radical (unpaired) electrons. The molecule has 2 N–H and O–H groups in total. The number of benzene rings is 3. The van der Waals surface area contributed by atoms with Gasteiger partial charge < -0.3 is 15.2 Å². The molecule has 174 valence electrons. The van der Waals surface area contributed by atoms with Crippen LogP contribution in [-0.2, 0) is 5.72 Å². The molecule has 5 rings (SSSR count). The van der Waals surface area contributed by atoms with Crippen LogP contribution in [0.15, 0.2) is 102 Å². The summed E-state index contributed by atoms with van der Waals surface area (Å²) in [6, 6.07) is 28.2. The average molecular weight is 501 g/mol. The Morgan fingerprint density at radius 3 is 2.49 bits per heavy atom. The minimum atomic E-state index is -1.58. The fraction of sp³-hybridized carbons (Fsp3) is 0.143. The molecule has 0 fully saturated rings. The van der Waals surface area contributed by atoms with Gasteiger partial charge in [-0.3, -0.25) is 0 Å². The van der Waals surface area contributed by atoms with E-state index in [2.05, 4.69) is 24.0 Å². The number of thiol groups is 1. The number of halogens is 1. The Morgan fingerprint density at radius 1 is 1.06 bits per heavy atom. The van der Waals surface area contributed by atoms with Gasteiger partial charge in [-0.1, -0.05) is 54.1 Å². The summed E-state index contributed by atoms with van der Waals surface area (Å²) >= 11 is 10.9. The lowest BCUT2D eigenvalue weighted by atomic mass is 9.75. The van der Waals surface area contributed by atoms with E-state index in [0.717, 1.165) is 16.5 Å². The first-order valence-corrected chi connectivity index (χ1v) is 11.9. The number of nitrogens with one attached hydrogen (secondary N) is 1. The minimum Gasteiger partial charge on any atom is -0.497 e. The Hall–Kier alpha value is -3.50. The third-order valence-electron chi connectivity index (χ3n) is 6.52. The largest absolute Gasteiger partial charge is 0.497 e. The maximum atomic E-state index is 12.4. The van der Waals surface area contributed by atoms with Gasteiger partial charge in [0.05, 0.1) is 29.7 Å². The van der Waals surface area contributed by atoms with Crippen LogP contribution < -0.4 is 14.6 Å². The third-order valence-corrected chi connectivity index (χ3v) is 7.11. The van der Waals surface area contributed by atoms with Gasteiger partial charge in [0.1, 0.15) is 5.75 Å². The SMILES string of the molecule is COc1ccc(C2C(C#N)=C(S)NC(O)(c3ccccc3)C2[n+]2cccc3cc(Cl)ccc32)cc1. The number of ether oxygens (including phenoxy) is 1. The highest BCUT2D eigenvalue weighted by atomic mass is 35.5. The van der Waals surface area contributed by atoms with Crippen molar-refractivity contribution in [2.45, 2.75) is 17.7 Å². The molecule has 0 amide bonds. The number of nitrogens with zero attached hydrogens (tertiary/aromatic N) is 2. The quantitative estimate of drug-likeness (QED) is 0.265. The topological polar surface area (TPSA) is 69.2 Å².